The van der Waals surface area contributed by atoms with Gasteiger partial charge in [0.25, 0.3) is 0 Å². The molecule has 2 rings (SSSR count). The lowest BCUT2D eigenvalue weighted by Gasteiger charge is -2.21. The van der Waals surface area contributed by atoms with Crippen molar-refractivity contribution in [1.29, 1.82) is 0 Å². The van der Waals surface area contributed by atoms with Gasteiger partial charge in [0.05, 0.1) is 18.2 Å². The molecule has 0 aliphatic carbocycles. The predicted octanol–water partition coefficient (Wildman–Crippen LogP) is 2.69. The molecule has 0 aliphatic heterocycles. The number of benzene rings is 2. The Morgan fingerprint density at radius 2 is 1.69 bits per heavy atom. The first kappa shape index (κ1) is 24.9. The number of nitrogens with two attached hydrogens (primary N) is 1. The molecule has 0 heterocycles. The van der Waals surface area contributed by atoms with E-state index in [2.05, 4.69) is 10.6 Å². The molecule has 2 atom stereocenters. The molecule has 0 bridgehead atoms. The van der Waals surface area contributed by atoms with Gasteiger partial charge in [0.2, 0.25) is 11.8 Å². The first-order chi connectivity index (χ1) is 15.1. The highest BCUT2D eigenvalue weighted by atomic mass is 19.4. The minimum absolute atomic E-state index is 0.0828. The Balaban J connectivity index is 2.18. The summed E-state index contributed by atoms with van der Waals surface area (Å²) in [7, 11) is 0. The van der Waals surface area contributed by atoms with E-state index in [0.717, 1.165) is 12.1 Å². The van der Waals surface area contributed by atoms with E-state index in [1.54, 1.807) is 24.3 Å². The van der Waals surface area contributed by atoms with Crippen LogP contribution in [-0.4, -0.2) is 36.8 Å². The Kier molecular flexibility index (Phi) is 8.77. The van der Waals surface area contributed by atoms with Crippen molar-refractivity contribution in [3.05, 3.63) is 59.7 Å². The molecule has 2 amide bonds. The lowest BCUT2D eigenvalue weighted by molar-refractivity contribution is -0.137. The van der Waals surface area contributed by atoms with Gasteiger partial charge in [-0.25, -0.2) is 0 Å². The minimum atomic E-state index is -4.49. The monoisotopic (exact) mass is 451 g/mol. The molecule has 0 saturated heterocycles. The van der Waals surface area contributed by atoms with Crippen molar-refractivity contribution in [1.82, 2.24) is 5.32 Å². The van der Waals surface area contributed by atoms with Crippen molar-refractivity contribution in [3.63, 3.8) is 0 Å². The summed E-state index contributed by atoms with van der Waals surface area (Å²) in [6.07, 6.45) is -4.33. The van der Waals surface area contributed by atoms with E-state index in [-0.39, 0.29) is 12.8 Å². The zero-order chi connectivity index (χ0) is 23.7. The van der Waals surface area contributed by atoms with E-state index < -0.39 is 35.6 Å². The smallest absolute Gasteiger partial charge is 0.416 e. The van der Waals surface area contributed by atoms with Gasteiger partial charge in [-0.15, -0.1) is 0 Å². The van der Waals surface area contributed by atoms with Crippen molar-refractivity contribution >= 4 is 23.8 Å². The maximum absolute atomic E-state index is 12.8. The van der Waals surface area contributed by atoms with Crippen molar-refractivity contribution in [2.24, 2.45) is 5.73 Å². The first-order valence-electron chi connectivity index (χ1n) is 9.83. The third kappa shape index (κ3) is 7.38. The molecule has 2 aromatic carbocycles. The molecule has 32 heavy (non-hydrogen) atoms. The number of carbonyl (C=O) groups is 3. The van der Waals surface area contributed by atoms with Gasteiger partial charge in [-0.3, -0.25) is 9.59 Å². The summed E-state index contributed by atoms with van der Waals surface area (Å²) in [6, 6.07) is 8.51. The molecule has 0 saturated carbocycles. The van der Waals surface area contributed by atoms with E-state index in [9.17, 15) is 27.6 Å². The SMILES string of the molecule is CCOc1ccc(NC(=O)C(Cc2ccc(C(F)(F)F)cc2)NC(=O)C(N)CC=O)cc1. The quantitative estimate of drug-likeness (QED) is 0.481. The topological polar surface area (TPSA) is 111 Å². The maximum atomic E-state index is 12.8. The average molecular weight is 451 g/mol. The van der Waals surface area contributed by atoms with Crippen LogP contribution in [0.15, 0.2) is 48.5 Å². The second-order valence-corrected chi connectivity index (χ2v) is 6.92. The normalized spacial score (nSPS) is 13.0. The highest BCUT2D eigenvalue weighted by molar-refractivity contribution is 5.98. The second-order valence-electron chi connectivity index (χ2n) is 6.92. The molecule has 0 spiro atoms. The van der Waals surface area contributed by atoms with Gasteiger partial charge in [0, 0.05) is 18.5 Å². The van der Waals surface area contributed by atoms with Crippen LogP contribution in [0.25, 0.3) is 0 Å². The summed E-state index contributed by atoms with van der Waals surface area (Å²) in [5.41, 5.74) is 5.63. The highest BCUT2D eigenvalue weighted by Crippen LogP contribution is 2.29. The van der Waals surface area contributed by atoms with Crippen molar-refractivity contribution in [3.8, 4) is 5.75 Å². The molecule has 0 radical (unpaired) electrons. The van der Waals surface area contributed by atoms with E-state index in [1.807, 2.05) is 6.92 Å². The Bertz CT molecular complexity index is 916. The third-order valence-electron chi connectivity index (χ3n) is 4.47. The van der Waals surface area contributed by atoms with Crippen LogP contribution in [0.1, 0.15) is 24.5 Å². The lowest BCUT2D eigenvalue weighted by Crippen LogP contribution is -2.51. The Morgan fingerprint density at radius 1 is 1.06 bits per heavy atom. The van der Waals surface area contributed by atoms with Crippen LogP contribution in [-0.2, 0) is 27.0 Å². The molecule has 0 fully saturated rings. The number of halogens is 3. The predicted molar refractivity (Wildman–Crippen MR) is 112 cm³/mol. The number of nitrogens with one attached hydrogen (secondary N) is 2. The van der Waals surface area contributed by atoms with Crippen molar-refractivity contribution in [2.75, 3.05) is 11.9 Å². The molecule has 0 aromatic heterocycles. The Labute approximate surface area is 183 Å². The fourth-order valence-electron chi connectivity index (χ4n) is 2.79. The van der Waals surface area contributed by atoms with Gasteiger partial charge < -0.3 is 25.9 Å². The number of hydrogen-bond acceptors (Lipinski definition) is 5. The van der Waals surface area contributed by atoms with Gasteiger partial charge in [0.1, 0.15) is 18.1 Å². The van der Waals surface area contributed by atoms with E-state index in [4.69, 9.17) is 10.5 Å². The third-order valence-corrected chi connectivity index (χ3v) is 4.47. The van der Waals surface area contributed by atoms with Crippen LogP contribution in [0, 0.1) is 0 Å². The zero-order valence-corrected chi connectivity index (χ0v) is 17.3. The van der Waals surface area contributed by atoms with Crippen LogP contribution in [0.4, 0.5) is 18.9 Å². The molecular weight excluding hydrogens is 427 g/mol. The number of ether oxygens (including phenoxy) is 1. The van der Waals surface area contributed by atoms with Crippen LogP contribution >= 0.6 is 0 Å². The molecule has 10 heteroatoms. The van der Waals surface area contributed by atoms with E-state index >= 15 is 0 Å². The molecule has 0 aliphatic rings. The number of alkyl halides is 3. The molecular formula is C22H24F3N3O4. The standard InChI is InChI=1S/C22H24F3N3O4/c1-2-32-17-9-7-16(8-10-17)27-21(31)19(28-20(30)18(26)11-12-29)13-14-3-5-15(6-4-14)22(23,24)25/h3-10,12,18-19H,2,11,13,26H2,1H3,(H,27,31)(H,28,30). The van der Waals surface area contributed by atoms with E-state index in [1.165, 1.54) is 12.1 Å². The lowest BCUT2D eigenvalue weighted by atomic mass is 10.0. The van der Waals surface area contributed by atoms with Crippen LogP contribution in [0.2, 0.25) is 0 Å². The number of anilines is 1. The zero-order valence-electron chi connectivity index (χ0n) is 17.3. The van der Waals surface area contributed by atoms with Crippen molar-refractivity contribution in [2.45, 2.75) is 38.0 Å². The Morgan fingerprint density at radius 3 is 2.22 bits per heavy atom. The minimum Gasteiger partial charge on any atom is -0.494 e. The van der Waals surface area contributed by atoms with Gasteiger partial charge in [-0.05, 0) is 48.9 Å². The van der Waals surface area contributed by atoms with Gasteiger partial charge in [0.15, 0.2) is 0 Å². The fourth-order valence-corrected chi connectivity index (χ4v) is 2.79. The number of amides is 2. The van der Waals surface area contributed by atoms with Crippen LogP contribution in [0.3, 0.4) is 0 Å². The van der Waals surface area contributed by atoms with Gasteiger partial charge in [-0.2, -0.15) is 13.2 Å². The summed E-state index contributed by atoms with van der Waals surface area (Å²) in [4.78, 5) is 35.7. The molecule has 172 valence electrons. The first-order valence-corrected chi connectivity index (χ1v) is 9.83. The largest absolute Gasteiger partial charge is 0.494 e. The summed E-state index contributed by atoms with van der Waals surface area (Å²) in [5, 5.41) is 5.11. The second kappa shape index (κ2) is 11.3. The number of aldehydes is 1. The van der Waals surface area contributed by atoms with Gasteiger partial charge in [-0.1, -0.05) is 12.1 Å². The summed E-state index contributed by atoms with van der Waals surface area (Å²) in [5.74, 6) is -0.712. The van der Waals surface area contributed by atoms with Crippen molar-refractivity contribution < 1.29 is 32.3 Å². The average Bonchev–Trinajstić information content (AvgIpc) is 2.74. The molecule has 2 unspecified atom stereocenters. The van der Waals surface area contributed by atoms with Crippen LogP contribution in [0.5, 0.6) is 5.75 Å². The summed E-state index contributed by atoms with van der Waals surface area (Å²) in [6.45, 7) is 2.31. The number of hydrogen-bond donors (Lipinski definition) is 3. The maximum Gasteiger partial charge on any atom is 0.416 e. The molecule has 7 nitrogen and oxygen atoms in total. The highest BCUT2D eigenvalue weighted by Gasteiger charge is 2.30. The van der Waals surface area contributed by atoms with Crippen LogP contribution < -0.4 is 21.1 Å². The number of rotatable bonds is 10. The van der Waals surface area contributed by atoms with E-state index in [0.29, 0.717) is 29.9 Å². The summed E-state index contributed by atoms with van der Waals surface area (Å²) < 4.78 is 43.7. The van der Waals surface area contributed by atoms with Gasteiger partial charge >= 0.3 is 6.18 Å². The Hall–Kier alpha value is -3.40. The molecule has 2 aromatic rings. The molecule has 4 N–H and O–H groups in total. The fraction of sp³-hybridized carbons (Fsp3) is 0.318. The number of carbonyl (C=O) groups excluding carboxylic acids is 3. The summed E-state index contributed by atoms with van der Waals surface area (Å²) >= 11 is 0.